The van der Waals surface area contributed by atoms with Crippen molar-refractivity contribution < 1.29 is 4.92 Å². The lowest BCUT2D eigenvalue weighted by Crippen LogP contribution is -2.11. The van der Waals surface area contributed by atoms with Gasteiger partial charge in [0.1, 0.15) is 6.33 Å². The van der Waals surface area contributed by atoms with Crippen LogP contribution in [0.15, 0.2) is 54.9 Å². The molecule has 0 radical (unpaired) electrons. The Kier molecular flexibility index (Phi) is 6.06. The van der Waals surface area contributed by atoms with Crippen LogP contribution in [0, 0.1) is 21.8 Å². The minimum atomic E-state index is -0.470. The minimum absolute atomic E-state index is 0.0316. The third-order valence-electron chi connectivity index (χ3n) is 4.45. The highest BCUT2D eigenvalue weighted by molar-refractivity contribution is 7.71. The summed E-state index contributed by atoms with van der Waals surface area (Å²) >= 11 is 11.0. The lowest BCUT2D eigenvalue weighted by molar-refractivity contribution is -0.384. The lowest BCUT2D eigenvalue weighted by atomic mass is 10.2. The molecule has 0 bridgehead atoms. The van der Waals surface area contributed by atoms with Crippen LogP contribution in [0.25, 0.3) is 29.5 Å². The molecule has 0 saturated carbocycles. The Balaban J connectivity index is 1.75. The summed E-state index contributed by atoms with van der Waals surface area (Å²) in [6, 6.07) is 13.3. The van der Waals surface area contributed by atoms with Gasteiger partial charge in [-0.1, -0.05) is 29.8 Å². The number of rotatable bonds is 5. The fraction of sp³-hybridized carbons (Fsp3) is 0.0476. The smallest absolute Gasteiger partial charge is 0.258 e. The van der Waals surface area contributed by atoms with Crippen LogP contribution in [0.1, 0.15) is 17.0 Å². The molecule has 11 heteroatoms. The number of nitro groups is 1. The van der Waals surface area contributed by atoms with Gasteiger partial charge in [0.05, 0.1) is 16.3 Å². The number of benzene rings is 2. The molecular weight excluding hydrogens is 450 g/mol. The Bertz CT molecular complexity index is 1390. The second kappa shape index (κ2) is 9.08. The van der Waals surface area contributed by atoms with Crippen LogP contribution in [0.4, 0.5) is 5.69 Å². The molecule has 9 nitrogen and oxygen atoms in total. The van der Waals surface area contributed by atoms with E-state index in [4.69, 9.17) is 23.8 Å². The first-order valence-corrected chi connectivity index (χ1v) is 10.1. The van der Waals surface area contributed by atoms with Gasteiger partial charge in [0.15, 0.2) is 5.82 Å². The Morgan fingerprint density at radius 1 is 1.03 bits per heavy atom. The van der Waals surface area contributed by atoms with E-state index in [2.05, 4.69) is 25.1 Å². The van der Waals surface area contributed by atoms with E-state index in [-0.39, 0.29) is 16.4 Å². The van der Waals surface area contributed by atoms with Gasteiger partial charge in [-0.25, -0.2) is 9.97 Å². The monoisotopic (exact) mass is 463 g/mol. The van der Waals surface area contributed by atoms with E-state index >= 15 is 0 Å². The lowest BCUT2D eigenvalue weighted by Gasteiger charge is -2.11. The fourth-order valence-electron chi connectivity index (χ4n) is 2.81. The summed E-state index contributed by atoms with van der Waals surface area (Å²) < 4.78 is 1.65. The molecule has 0 aliphatic heterocycles. The Morgan fingerprint density at radius 2 is 1.75 bits per heavy atom. The maximum Gasteiger partial charge on any atom is 0.269 e. The normalized spacial score (nSPS) is 11.1. The molecule has 0 saturated heterocycles. The van der Waals surface area contributed by atoms with Crippen LogP contribution in [0.2, 0.25) is 5.02 Å². The molecule has 158 valence electrons. The third-order valence-corrected chi connectivity index (χ3v) is 4.90. The van der Waals surface area contributed by atoms with E-state index in [0.717, 1.165) is 5.56 Å². The van der Waals surface area contributed by atoms with Crippen molar-refractivity contribution in [1.82, 2.24) is 29.7 Å². The van der Waals surface area contributed by atoms with Crippen molar-refractivity contribution in [2.45, 2.75) is 6.92 Å². The van der Waals surface area contributed by atoms with E-state index in [1.807, 2.05) is 24.3 Å². The summed E-state index contributed by atoms with van der Waals surface area (Å²) in [6.45, 7) is 1.80. The summed E-state index contributed by atoms with van der Waals surface area (Å²) in [5.41, 5.74) is 2.75. The van der Waals surface area contributed by atoms with Gasteiger partial charge in [0, 0.05) is 22.7 Å². The van der Waals surface area contributed by atoms with Crippen LogP contribution < -0.4 is 0 Å². The van der Waals surface area contributed by atoms with E-state index in [0.29, 0.717) is 27.8 Å². The number of non-ortho nitro benzene ring substituents is 1. The zero-order chi connectivity index (χ0) is 22.7. The number of nitrogens with zero attached hydrogens (tertiary/aromatic N) is 7. The van der Waals surface area contributed by atoms with Crippen molar-refractivity contribution in [2.24, 2.45) is 0 Å². The first-order valence-electron chi connectivity index (χ1n) is 9.26. The molecule has 0 N–H and O–H groups in total. The molecule has 32 heavy (non-hydrogen) atoms. The van der Waals surface area contributed by atoms with Crippen LogP contribution in [-0.4, -0.2) is 34.6 Å². The highest BCUT2D eigenvalue weighted by atomic mass is 35.5. The molecule has 0 unspecified atom stereocenters. The number of aromatic nitrogens is 6. The second-order valence-corrected chi connectivity index (χ2v) is 7.41. The highest BCUT2D eigenvalue weighted by Crippen LogP contribution is 2.22. The van der Waals surface area contributed by atoms with Gasteiger partial charge >= 0.3 is 0 Å². The van der Waals surface area contributed by atoms with Gasteiger partial charge in [-0.2, -0.15) is 4.98 Å². The molecule has 2 aromatic heterocycles. The van der Waals surface area contributed by atoms with E-state index < -0.39 is 4.92 Å². The van der Waals surface area contributed by atoms with Crippen LogP contribution in [0.3, 0.4) is 0 Å². The molecule has 0 atom stereocenters. The van der Waals surface area contributed by atoms with Crippen molar-refractivity contribution in [3.05, 3.63) is 91.7 Å². The van der Waals surface area contributed by atoms with Crippen molar-refractivity contribution in [1.29, 1.82) is 0 Å². The van der Waals surface area contributed by atoms with E-state index in [1.54, 1.807) is 31.2 Å². The van der Waals surface area contributed by atoms with Crippen LogP contribution in [-0.2, 0) is 0 Å². The summed E-state index contributed by atoms with van der Waals surface area (Å²) in [7, 11) is 0. The van der Waals surface area contributed by atoms with Crippen molar-refractivity contribution in [3.63, 3.8) is 0 Å². The van der Waals surface area contributed by atoms with Gasteiger partial charge in [0.2, 0.25) is 4.77 Å². The Hall–Kier alpha value is -3.89. The third kappa shape index (κ3) is 4.71. The van der Waals surface area contributed by atoms with Crippen molar-refractivity contribution >= 4 is 41.7 Å². The molecule has 2 aromatic carbocycles. The van der Waals surface area contributed by atoms with E-state index in [9.17, 15) is 10.1 Å². The number of nitro benzene ring substituents is 1. The zero-order valence-corrected chi connectivity index (χ0v) is 18.2. The predicted molar refractivity (Wildman–Crippen MR) is 123 cm³/mol. The SMILES string of the molecule is Cc1nnc(-n2cnc(=S)nc2-c2ccc([N+](=O)[O-])cc2)nc1/C=C/c1ccc(Cl)cc1. The molecule has 0 fully saturated rings. The van der Waals surface area contributed by atoms with Crippen LogP contribution >= 0.6 is 23.8 Å². The molecule has 4 aromatic rings. The van der Waals surface area contributed by atoms with Gasteiger partial charge in [-0.3, -0.25) is 14.7 Å². The zero-order valence-electron chi connectivity index (χ0n) is 16.6. The van der Waals surface area contributed by atoms with Gasteiger partial charge in [-0.05, 0) is 55.0 Å². The summed E-state index contributed by atoms with van der Waals surface area (Å²) in [4.78, 5) is 23.4. The second-order valence-electron chi connectivity index (χ2n) is 6.60. The van der Waals surface area contributed by atoms with Gasteiger partial charge in [0.25, 0.3) is 11.6 Å². The predicted octanol–water partition coefficient (Wildman–Crippen LogP) is 4.89. The van der Waals surface area contributed by atoms with Crippen molar-refractivity contribution in [3.8, 4) is 17.3 Å². The Labute approximate surface area is 192 Å². The number of halogens is 1. The first-order chi connectivity index (χ1) is 15.4. The summed E-state index contributed by atoms with van der Waals surface area (Å²) in [5.74, 6) is 0.618. The maximum absolute atomic E-state index is 11.0. The molecule has 0 amide bonds. The van der Waals surface area contributed by atoms with Crippen LogP contribution in [0.5, 0.6) is 0 Å². The molecule has 0 spiro atoms. The summed E-state index contributed by atoms with van der Waals surface area (Å²) in [5, 5.41) is 20.0. The number of hydrogen-bond acceptors (Lipinski definition) is 8. The topological polar surface area (TPSA) is 113 Å². The fourth-order valence-corrected chi connectivity index (χ4v) is 3.07. The minimum Gasteiger partial charge on any atom is -0.258 e. The highest BCUT2D eigenvalue weighted by Gasteiger charge is 2.14. The average molecular weight is 464 g/mol. The number of hydrogen-bond donors (Lipinski definition) is 0. The molecule has 0 aliphatic carbocycles. The molecule has 4 rings (SSSR count). The quantitative estimate of drug-likeness (QED) is 0.233. The van der Waals surface area contributed by atoms with Gasteiger partial charge in [-0.15, -0.1) is 10.2 Å². The Morgan fingerprint density at radius 3 is 2.44 bits per heavy atom. The van der Waals surface area contributed by atoms with E-state index in [1.165, 1.54) is 23.0 Å². The summed E-state index contributed by atoms with van der Waals surface area (Å²) in [6.07, 6.45) is 5.16. The number of aryl methyl sites for hydroxylation is 1. The molecular formula is C21H14ClN7O2S. The van der Waals surface area contributed by atoms with Crippen molar-refractivity contribution in [2.75, 3.05) is 0 Å². The first kappa shape index (κ1) is 21.3. The van der Waals surface area contributed by atoms with Gasteiger partial charge < -0.3 is 0 Å². The molecule has 2 heterocycles. The molecule has 0 aliphatic rings. The standard InChI is InChI=1S/C21H14ClN7O2S/c1-13-18(11-4-14-2-7-16(22)8-3-14)24-20(27-26-13)28-12-23-21(32)25-19(28)15-5-9-17(10-6-15)29(30)31/h2-12H,1H3/b11-4+. The largest absolute Gasteiger partial charge is 0.269 e. The maximum atomic E-state index is 11.0. The average Bonchev–Trinajstić information content (AvgIpc) is 2.80.